The molecule has 0 fully saturated rings. The van der Waals surface area contributed by atoms with Gasteiger partial charge in [0.25, 0.3) is 5.91 Å². The molecule has 3 rings (SSSR count). The van der Waals surface area contributed by atoms with E-state index in [9.17, 15) is 35.9 Å². The molecular formula is C21H17F6N3O3. The molecule has 2 amide bonds. The van der Waals surface area contributed by atoms with Crippen LogP contribution in [0, 0.1) is 0 Å². The number of alkyl halides is 6. The van der Waals surface area contributed by atoms with E-state index in [1.165, 1.54) is 0 Å². The van der Waals surface area contributed by atoms with Crippen LogP contribution in [-0.2, 0) is 23.6 Å². The number of hydroxylamine groups is 1. The first-order valence-corrected chi connectivity index (χ1v) is 9.47. The highest BCUT2D eigenvalue weighted by atomic mass is 19.4. The molecule has 0 radical (unpaired) electrons. The van der Waals surface area contributed by atoms with Crippen LogP contribution >= 0.6 is 0 Å². The third-order valence-electron chi connectivity index (χ3n) is 4.62. The van der Waals surface area contributed by atoms with Gasteiger partial charge in [-0.2, -0.15) is 31.8 Å². The van der Waals surface area contributed by atoms with Crippen LogP contribution in [0.3, 0.4) is 0 Å². The van der Waals surface area contributed by atoms with E-state index in [2.05, 4.69) is 15.1 Å². The van der Waals surface area contributed by atoms with Crippen molar-refractivity contribution < 1.29 is 40.8 Å². The molecule has 6 nitrogen and oxygen atoms in total. The predicted molar refractivity (Wildman–Crippen MR) is 105 cm³/mol. The predicted octanol–water partition coefficient (Wildman–Crippen LogP) is 4.61. The summed E-state index contributed by atoms with van der Waals surface area (Å²) in [5.41, 5.74) is -1.45. The quantitative estimate of drug-likeness (QED) is 0.361. The van der Waals surface area contributed by atoms with Crippen LogP contribution < -0.4 is 15.6 Å². The van der Waals surface area contributed by atoms with Crippen LogP contribution in [0.1, 0.15) is 34.0 Å². The van der Waals surface area contributed by atoms with Crippen molar-refractivity contribution in [3.8, 4) is 5.75 Å². The summed E-state index contributed by atoms with van der Waals surface area (Å²) in [6, 6.07) is 7.29. The van der Waals surface area contributed by atoms with Crippen molar-refractivity contribution >= 4 is 22.7 Å². The molecule has 0 spiro atoms. The van der Waals surface area contributed by atoms with E-state index in [0.717, 1.165) is 23.4 Å². The first-order valence-electron chi connectivity index (χ1n) is 9.47. The van der Waals surface area contributed by atoms with Crippen LogP contribution in [0.15, 0.2) is 42.6 Å². The molecule has 176 valence electrons. The zero-order chi connectivity index (χ0) is 24.4. The number of carbonyl (C=O) groups excluding carboxylic acids is 2. The second-order valence-corrected chi connectivity index (χ2v) is 7.02. The van der Waals surface area contributed by atoms with Gasteiger partial charge in [-0.1, -0.05) is 18.2 Å². The fourth-order valence-electron chi connectivity index (χ4n) is 3.18. The van der Waals surface area contributed by atoms with Gasteiger partial charge in [-0.15, -0.1) is 0 Å². The first kappa shape index (κ1) is 24.0. The number of hydrogen-bond acceptors (Lipinski definition) is 3. The molecule has 0 saturated carbocycles. The number of hydrogen-bond donors (Lipinski definition) is 3. The average molecular weight is 473 g/mol. The molecule has 3 aromatic rings. The maximum absolute atomic E-state index is 13.6. The second-order valence-electron chi connectivity index (χ2n) is 7.02. The van der Waals surface area contributed by atoms with E-state index in [4.69, 9.17) is 0 Å². The maximum atomic E-state index is 13.6. The molecule has 33 heavy (non-hydrogen) atoms. The first-order chi connectivity index (χ1) is 15.4. The van der Waals surface area contributed by atoms with Crippen LogP contribution in [0.2, 0.25) is 0 Å². The van der Waals surface area contributed by atoms with E-state index in [1.54, 1.807) is 17.7 Å². The molecule has 0 aliphatic carbocycles. The van der Waals surface area contributed by atoms with Crippen molar-refractivity contribution in [3.05, 3.63) is 64.8 Å². The van der Waals surface area contributed by atoms with E-state index in [-0.39, 0.29) is 25.1 Å². The Hall–Kier alpha value is -3.70. The lowest BCUT2D eigenvalue weighted by Crippen LogP contribution is -2.31. The summed E-state index contributed by atoms with van der Waals surface area (Å²) < 4.78 is 80.2. The molecule has 0 aliphatic heterocycles. The number of nitrogens with one attached hydrogen (secondary N) is 3. The maximum Gasteiger partial charge on any atom is 0.417 e. The standard InChI is InChI=1S/C21H17F6N3O3/c1-11(31)30-33-17-9-13(20(22,23)24)8-15(21(25,26)27)18(17)19(32)28-7-6-12-10-29-16-5-3-2-4-14(12)16/h2-5,8-10,29H,6-7H2,1H3,(H,28,32)(H,30,31). The summed E-state index contributed by atoms with van der Waals surface area (Å²) in [5.74, 6) is -3.29. The molecule has 0 saturated heterocycles. The second kappa shape index (κ2) is 9.04. The Bertz CT molecular complexity index is 1180. The summed E-state index contributed by atoms with van der Waals surface area (Å²) in [6.07, 6.45) is -8.54. The number of halogens is 6. The molecule has 1 heterocycles. The van der Waals surface area contributed by atoms with Gasteiger partial charge in [-0.05, 0) is 30.2 Å². The highest BCUT2D eigenvalue weighted by Gasteiger charge is 2.42. The molecule has 0 unspecified atom stereocenters. The van der Waals surface area contributed by atoms with Crippen LogP contribution in [-0.4, -0.2) is 23.3 Å². The summed E-state index contributed by atoms with van der Waals surface area (Å²) in [5, 5.41) is 3.13. The lowest BCUT2D eigenvalue weighted by atomic mass is 10.0. The zero-order valence-electron chi connectivity index (χ0n) is 16.9. The minimum atomic E-state index is -5.31. The number of para-hydroxylation sites is 1. The highest BCUT2D eigenvalue weighted by molar-refractivity contribution is 5.99. The topological polar surface area (TPSA) is 83.2 Å². The molecule has 0 bridgehead atoms. The summed E-state index contributed by atoms with van der Waals surface area (Å²) in [6.45, 7) is 0.817. The lowest BCUT2D eigenvalue weighted by molar-refractivity contribution is -0.143. The van der Waals surface area contributed by atoms with E-state index < -0.39 is 46.6 Å². The number of aromatic nitrogens is 1. The molecular weight excluding hydrogens is 456 g/mol. The Morgan fingerprint density at radius 2 is 1.73 bits per heavy atom. The fourth-order valence-corrected chi connectivity index (χ4v) is 3.18. The average Bonchev–Trinajstić information content (AvgIpc) is 3.13. The van der Waals surface area contributed by atoms with Crippen LogP contribution in [0.4, 0.5) is 26.3 Å². The zero-order valence-corrected chi connectivity index (χ0v) is 16.9. The molecule has 12 heteroatoms. The van der Waals surface area contributed by atoms with Crippen molar-refractivity contribution in [1.82, 2.24) is 15.8 Å². The number of fused-ring (bicyclic) bond motifs is 1. The third-order valence-corrected chi connectivity index (χ3v) is 4.62. The van der Waals surface area contributed by atoms with Gasteiger partial charge in [-0.3, -0.25) is 9.59 Å². The minimum Gasteiger partial charge on any atom is -0.379 e. The van der Waals surface area contributed by atoms with E-state index in [0.29, 0.717) is 0 Å². The number of aromatic amines is 1. The highest BCUT2D eigenvalue weighted by Crippen LogP contribution is 2.41. The minimum absolute atomic E-state index is 0.113. The van der Waals surface area contributed by atoms with Gasteiger partial charge in [-0.25, -0.2) is 0 Å². The van der Waals surface area contributed by atoms with Crippen LogP contribution in [0.5, 0.6) is 5.75 Å². The Morgan fingerprint density at radius 1 is 1.03 bits per heavy atom. The molecule has 3 N–H and O–H groups in total. The number of benzene rings is 2. The Labute approximate surface area is 182 Å². The van der Waals surface area contributed by atoms with Gasteiger partial charge in [0.2, 0.25) is 5.91 Å². The summed E-state index contributed by atoms with van der Waals surface area (Å²) in [7, 11) is 0. The van der Waals surface area contributed by atoms with Gasteiger partial charge < -0.3 is 15.1 Å². The van der Waals surface area contributed by atoms with Gasteiger partial charge in [0.05, 0.1) is 16.7 Å². The van der Waals surface area contributed by atoms with E-state index in [1.807, 2.05) is 18.2 Å². The van der Waals surface area contributed by atoms with Crippen molar-refractivity contribution in [2.45, 2.75) is 25.7 Å². The van der Waals surface area contributed by atoms with Gasteiger partial charge >= 0.3 is 12.4 Å². The normalized spacial score (nSPS) is 12.0. The monoisotopic (exact) mass is 473 g/mol. The van der Waals surface area contributed by atoms with Gasteiger partial charge in [0.1, 0.15) is 0 Å². The summed E-state index contributed by atoms with van der Waals surface area (Å²) >= 11 is 0. The Kier molecular flexibility index (Phi) is 6.56. The third kappa shape index (κ3) is 5.57. The number of amides is 2. The Balaban J connectivity index is 1.92. The van der Waals surface area contributed by atoms with Gasteiger partial charge in [0.15, 0.2) is 5.75 Å². The van der Waals surface area contributed by atoms with Crippen molar-refractivity contribution in [2.75, 3.05) is 6.54 Å². The largest absolute Gasteiger partial charge is 0.417 e. The van der Waals surface area contributed by atoms with Crippen LogP contribution in [0.25, 0.3) is 10.9 Å². The molecule has 0 atom stereocenters. The molecule has 2 aromatic carbocycles. The number of rotatable bonds is 6. The number of carbonyl (C=O) groups is 2. The van der Waals surface area contributed by atoms with E-state index >= 15 is 0 Å². The van der Waals surface area contributed by atoms with Crippen molar-refractivity contribution in [3.63, 3.8) is 0 Å². The lowest BCUT2D eigenvalue weighted by Gasteiger charge is -2.19. The van der Waals surface area contributed by atoms with Crippen molar-refractivity contribution in [1.29, 1.82) is 0 Å². The SMILES string of the molecule is CC(=O)NOc1cc(C(F)(F)F)cc(C(F)(F)F)c1C(=O)NCCc1c[nH]c2ccccc12. The Morgan fingerprint density at radius 3 is 2.36 bits per heavy atom. The fraction of sp³-hybridized carbons (Fsp3) is 0.238. The smallest absolute Gasteiger partial charge is 0.379 e. The molecule has 1 aromatic heterocycles. The summed E-state index contributed by atoms with van der Waals surface area (Å²) in [4.78, 5) is 31.4. The number of H-pyrrole nitrogens is 1. The molecule has 0 aliphatic rings. The van der Waals surface area contributed by atoms with Crippen molar-refractivity contribution in [2.24, 2.45) is 0 Å². The van der Waals surface area contributed by atoms with Gasteiger partial charge in [0, 0.05) is 30.6 Å².